The Kier molecular flexibility index (Phi) is 6.73. The second kappa shape index (κ2) is 9.67. The molecule has 0 aromatic heterocycles. The molecule has 2 atom stereocenters. The molecule has 0 saturated carbocycles. The Morgan fingerprint density at radius 1 is 1.00 bits per heavy atom. The molecule has 6 heteroatoms. The van der Waals surface area contributed by atoms with Gasteiger partial charge in [0, 0.05) is 13.1 Å². The molecule has 0 spiro atoms. The van der Waals surface area contributed by atoms with Gasteiger partial charge in [-0.25, -0.2) is 0 Å². The van der Waals surface area contributed by atoms with E-state index in [1.165, 1.54) is 10.5 Å². The Balaban J connectivity index is 1.22. The number of likely N-dealkylation sites (tertiary alicyclic amines) is 2. The number of carbonyl (C=O) groups is 3. The first kappa shape index (κ1) is 21.6. The Hall–Kier alpha value is -2.63. The molecule has 6 nitrogen and oxygen atoms in total. The molecule has 2 saturated heterocycles. The molecule has 3 amide bonds. The van der Waals surface area contributed by atoms with Gasteiger partial charge in [0.2, 0.25) is 17.7 Å². The third-order valence-electron chi connectivity index (χ3n) is 6.94. The maximum absolute atomic E-state index is 12.8. The van der Waals surface area contributed by atoms with E-state index >= 15 is 0 Å². The summed E-state index contributed by atoms with van der Waals surface area (Å²) in [6.07, 6.45) is 9.23. The van der Waals surface area contributed by atoms with Crippen molar-refractivity contribution in [3.8, 4) is 5.75 Å². The highest BCUT2D eigenvalue weighted by Gasteiger charge is 2.48. The van der Waals surface area contributed by atoms with E-state index in [0.29, 0.717) is 38.5 Å². The van der Waals surface area contributed by atoms with Crippen LogP contribution in [-0.4, -0.2) is 53.8 Å². The summed E-state index contributed by atoms with van der Waals surface area (Å²) in [6, 6.07) is 8.29. The van der Waals surface area contributed by atoms with Crippen LogP contribution in [0.15, 0.2) is 36.4 Å². The maximum Gasteiger partial charge on any atom is 0.242 e. The molecule has 0 radical (unpaired) electrons. The molecule has 0 N–H and O–H groups in total. The summed E-state index contributed by atoms with van der Waals surface area (Å²) in [6.45, 7) is 3.97. The quantitative estimate of drug-likeness (QED) is 0.498. The summed E-state index contributed by atoms with van der Waals surface area (Å²) in [5.41, 5.74) is 1.31. The van der Waals surface area contributed by atoms with Crippen LogP contribution in [0.4, 0.5) is 0 Å². The summed E-state index contributed by atoms with van der Waals surface area (Å²) in [4.78, 5) is 41.0. The van der Waals surface area contributed by atoms with Crippen molar-refractivity contribution in [2.45, 2.75) is 45.4 Å². The minimum absolute atomic E-state index is 0.0957. The van der Waals surface area contributed by atoms with E-state index in [2.05, 4.69) is 12.1 Å². The first-order valence-corrected chi connectivity index (χ1v) is 11.6. The average Bonchev–Trinajstić information content (AvgIpc) is 3.04. The fraction of sp³-hybridized carbons (Fsp3) is 0.560. The van der Waals surface area contributed by atoms with Gasteiger partial charge in [0.15, 0.2) is 0 Å². The normalized spacial score (nSPS) is 23.9. The molecule has 0 unspecified atom stereocenters. The van der Waals surface area contributed by atoms with Gasteiger partial charge in [0.25, 0.3) is 0 Å². The number of allylic oxidation sites excluding steroid dienone is 2. The molecule has 166 valence electrons. The van der Waals surface area contributed by atoms with Crippen molar-refractivity contribution in [2.75, 3.05) is 26.2 Å². The van der Waals surface area contributed by atoms with Crippen molar-refractivity contribution < 1.29 is 19.1 Å². The first-order chi connectivity index (χ1) is 15.1. The molecule has 0 bridgehead atoms. The highest BCUT2D eigenvalue weighted by molar-refractivity contribution is 6.07. The SMILES string of the molecule is CCOc1ccc(CCC2CCN(C(=O)CN3C(=O)[C@H]4CC=CC[C@@H]4C3=O)CC2)cc1. The number of aryl methyl sites for hydroxylation is 1. The monoisotopic (exact) mass is 424 g/mol. The van der Waals surface area contributed by atoms with Crippen molar-refractivity contribution in [3.63, 3.8) is 0 Å². The molecule has 2 heterocycles. The van der Waals surface area contributed by atoms with E-state index in [9.17, 15) is 14.4 Å². The molecule has 2 fully saturated rings. The molecular formula is C25H32N2O4. The Labute approximate surface area is 184 Å². The lowest BCUT2D eigenvalue weighted by atomic mass is 9.85. The molecule has 2 aliphatic heterocycles. The third-order valence-corrected chi connectivity index (χ3v) is 6.94. The number of nitrogens with zero attached hydrogens (tertiary/aromatic N) is 2. The van der Waals surface area contributed by atoms with E-state index in [1.807, 2.05) is 36.1 Å². The van der Waals surface area contributed by atoms with Gasteiger partial charge in [-0.3, -0.25) is 19.3 Å². The number of imide groups is 1. The van der Waals surface area contributed by atoms with Gasteiger partial charge in [-0.2, -0.15) is 0 Å². The Morgan fingerprint density at radius 3 is 2.19 bits per heavy atom. The Bertz CT molecular complexity index is 814. The highest BCUT2D eigenvalue weighted by atomic mass is 16.5. The van der Waals surface area contributed by atoms with Crippen LogP contribution in [0, 0.1) is 17.8 Å². The second-order valence-corrected chi connectivity index (χ2v) is 8.86. The Morgan fingerprint density at radius 2 is 1.61 bits per heavy atom. The van der Waals surface area contributed by atoms with E-state index < -0.39 is 0 Å². The van der Waals surface area contributed by atoms with Crippen LogP contribution in [-0.2, 0) is 20.8 Å². The van der Waals surface area contributed by atoms with Gasteiger partial charge in [-0.15, -0.1) is 0 Å². The topological polar surface area (TPSA) is 66.9 Å². The number of carbonyl (C=O) groups excluding carboxylic acids is 3. The maximum atomic E-state index is 12.8. The zero-order chi connectivity index (χ0) is 21.8. The van der Waals surface area contributed by atoms with Gasteiger partial charge in [0.05, 0.1) is 18.4 Å². The average molecular weight is 425 g/mol. The van der Waals surface area contributed by atoms with Crippen LogP contribution in [0.2, 0.25) is 0 Å². The zero-order valence-electron chi connectivity index (χ0n) is 18.3. The third kappa shape index (κ3) is 4.83. The molecular weight excluding hydrogens is 392 g/mol. The van der Waals surface area contributed by atoms with Crippen molar-refractivity contribution in [1.29, 1.82) is 0 Å². The predicted molar refractivity (Wildman–Crippen MR) is 117 cm³/mol. The summed E-state index contributed by atoms with van der Waals surface area (Å²) in [5.74, 6) is 0.537. The second-order valence-electron chi connectivity index (χ2n) is 8.86. The minimum atomic E-state index is -0.265. The number of ether oxygens (including phenoxy) is 1. The number of piperidine rings is 1. The summed E-state index contributed by atoms with van der Waals surface area (Å²) < 4.78 is 5.49. The van der Waals surface area contributed by atoms with Crippen LogP contribution in [0.5, 0.6) is 5.75 Å². The zero-order valence-corrected chi connectivity index (χ0v) is 18.3. The van der Waals surface area contributed by atoms with Gasteiger partial charge in [0.1, 0.15) is 12.3 Å². The number of rotatable bonds is 7. The van der Waals surface area contributed by atoms with Crippen molar-refractivity contribution in [3.05, 3.63) is 42.0 Å². The van der Waals surface area contributed by atoms with E-state index in [-0.39, 0.29) is 36.1 Å². The molecule has 3 aliphatic rings. The lowest BCUT2D eigenvalue weighted by Gasteiger charge is -2.33. The first-order valence-electron chi connectivity index (χ1n) is 11.6. The van der Waals surface area contributed by atoms with E-state index in [1.54, 1.807) is 0 Å². The van der Waals surface area contributed by atoms with Gasteiger partial charge < -0.3 is 9.64 Å². The standard InChI is InChI=1S/C25H32N2O4/c1-2-31-20-11-9-18(10-12-20)7-8-19-13-15-26(16-14-19)23(28)17-27-24(29)21-5-3-4-6-22(21)25(27)30/h3-4,9-12,19,21-22H,2,5-8,13-17H2,1H3/t21-,22-/m0/s1. The smallest absolute Gasteiger partial charge is 0.242 e. The van der Waals surface area contributed by atoms with Crippen LogP contribution >= 0.6 is 0 Å². The fourth-order valence-electron chi connectivity index (χ4n) is 5.02. The van der Waals surface area contributed by atoms with Gasteiger partial charge in [-0.1, -0.05) is 24.3 Å². The van der Waals surface area contributed by atoms with Gasteiger partial charge >= 0.3 is 0 Å². The van der Waals surface area contributed by atoms with Crippen LogP contribution in [0.3, 0.4) is 0 Å². The largest absolute Gasteiger partial charge is 0.494 e. The number of benzene rings is 1. The highest BCUT2D eigenvalue weighted by Crippen LogP contribution is 2.35. The molecule has 31 heavy (non-hydrogen) atoms. The summed E-state index contributed by atoms with van der Waals surface area (Å²) >= 11 is 0. The molecule has 1 aromatic rings. The fourth-order valence-corrected chi connectivity index (χ4v) is 5.02. The van der Waals surface area contributed by atoms with E-state index in [4.69, 9.17) is 4.74 Å². The van der Waals surface area contributed by atoms with Crippen molar-refractivity contribution in [2.24, 2.45) is 17.8 Å². The molecule has 4 rings (SSSR count). The molecule has 1 aliphatic carbocycles. The molecule has 1 aromatic carbocycles. The summed E-state index contributed by atoms with van der Waals surface area (Å²) in [5, 5.41) is 0. The van der Waals surface area contributed by atoms with Crippen LogP contribution in [0.1, 0.15) is 44.6 Å². The minimum Gasteiger partial charge on any atom is -0.494 e. The number of hydrogen-bond donors (Lipinski definition) is 0. The van der Waals surface area contributed by atoms with Crippen LogP contribution in [0.25, 0.3) is 0 Å². The lowest BCUT2D eigenvalue weighted by Crippen LogP contribution is -2.46. The number of fused-ring (bicyclic) bond motifs is 1. The van der Waals surface area contributed by atoms with Crippen LogP contribution < -0.4 is 4.74 Å². The number of hydrogen-bond acceptors (Lipinski definition) is 4. The lowest BCUT2D eigenvalue weighted by molar-refractivity contribution is -0.147. The van der Waals surface area contributed by atoms with Crippen molar-refractivity contribution in [1.82, 2.24) is 9.80 Å². The van der Waals surface area contributed by atoms with Crippen molar-refractivity contribution >= 4 is 17.7 Å². The number of amides is 3. The summed E-state index contributed by atoms with van der Waals surface area (Å²) in [7, 11) is 0. The van der Waals surface area contributed by atoms with Gasteiger partial charge in [-0.05, 0) is 69.1 Å². The predicted octanol–water partition coefficient (Wildman–Crippen LogP) is 3.21. The van der Waals surface area contributed by atoms with E-state index in [0.717, 1.165) is 31.4 Å².